The summed E-state index contributed by atoms with van der Waals surface area (Å²) >= 11 is 0. The second kappa shape index (κ2) is 5.04. The Hall–Kier alpha value is -1.00. The van der Waals surface area contributed by atoms with Crippen molar-refractivity contribution in [1.29, 1.82) is 0 Å². The molecule has 3 fully saturated rings. The number of aliphatic hydroxyl groups is 2. The van der Waals surface area contributed by atoms with E-state index in [4.69, 9.17) is 0 Å². The van der Waals surface area contributed by atoms with Gasteiger partial charge in [0.25, 0.3) is 0 Å². The van der Waals surface area contributed by atoms with Crippen LogP contribution in [0.2, 0.25) is 0 Å². The summed E-state index contributed by atoms with van der Waals surface area (Å²) in [6, 6.07) is 0. The predicted octanol–water partition coefficient (Wildman–Crippen LogP) is 3.21. The first-order valence-electron chi connectivity index (χ1n) is 9.52. The van der Waals surface area contributed by atoms with Gasteiger partial charge < -0.3 is 10.2 Å². The molecule has 4 aliphatic carbocycles. The van der Waals surface area contributed by atoms with Crippen LogP contribution in [0.1, 0.15) is 47.0 Å². The van der Waals surface area contributed by atoms with Crippen LogP contribution in [0.3, 0.4) is 0 Å². The van der Waals surface area contributed by atoms with Gasteiger partial charge in [0.2, 0.25) is 0 Å². The molecule has 0 spiro atoms. The highest BCUT2D eigenvalue weighted by Crippen LogP contribution is 2.68. The van der Waals surface area contributed by atoms with Crippen molar-refractivity contribution >= 4 is 5.78 Å². The Morgan fingerprint density at radius 2 is 1.92 bits per heavy atom. The molecule has 7 unspecified atom stereocenters. The molecule has 0 radical (unpaired) electrons. The molecule has 9 atom stereocenters. The number of hydrogen-bond acceptors (Lipinski definition) is 3. The standard InChI is InChI=1S/C21H29FO3/c1-11-7-14-13-9-16(22)15-8-12(23)5-6-19(15,2)18(13)17(24)10-20(14,3)21(11,4)25/h5-6,8,11,13-14,16-18,24-25H,7,9-10H2,1-4H3/t11?,13?,14?,16-,17?,18?,19?,20?,21+/m0/s1. The fourth-order valence-corrected chi connectivity index (χ4v) is 6.87. The van der Waals surface area contributed by atoms with Gasteiger partial charge >= 0.3 is 0 Å². The molecule has 0 heterocycles. The molecule has 0 aromatic carbocycles. The van der Waals surface area contributed by atoms with Gasteiger partial charge in [0.05, 0.1) is 11.7 Å². The predicted molar refractivity (Wildman–Crippen MR) is 93.5 cm³/mol. The fourth-order valence-electron chi connectivity index (χ4n) is 6.87. The fraction of sp³-hybridized carbons (Fsp3) is 0.762. The zero-order valence-electron chi connectivity index (χ0n) is 15.5. The molecule has 138 valence electrons. The van der Waals surface area contributed by atoms with Crippen molar-refractivity contribution in [1.82, 2.24) is 0 Å². The maximum atomic E-state index is 15.1. The summed E-state index contributed by atoms with van der Waals surface area (Å²) in [5.74, 6) is 0.0591. The third kappa shape index (κ3) is 2.01. The lowest BCUT2D eigenvalue weighted by Crippen LogP contribution is -2.60. The van der Waals surface area contributed by atoms with E-state index in [0.717, 1.165) is 6.42 Å². The average Bonchev–Trinajstić information content (AvgIpc) is 2.68. The number of rotatable bonds is 0. The van der Waals surface area contributed by atoms with E-state index in [1.54, 1.807) is 0 Å². The van der Waals surface area contributed by atoms with Crippen molar-refractivity contribution < 1.29 is 19.4 Å². The molecule has 0 aliphatic heterocycles. The van der Waals surface area contributed by atoms with E-state index in [2.05, 4.69) is 13.8 Å². The van der Waals surface area contributed by atoms with Crippen molar-refractivity contribution in [3.63, 3.8) is 0 Å². The molecular weight excluding hydrogens is 319 g/mol. The van der Waals surface area contributed by atoms with Crippen LogP contribution in [0.4, 0.5) is 4.39 Å². The average molecular weight is 348 g/mol. The number of alkyl halides is 1. The first-order valence-corrected chi connectivity index (χ1v) is 9.52. The molecule has 0 amide bonds. The molecule has 4 heteroatoms. The molecule has 4 aliphatic rings. The largest absolute Gasteiger partial charge is 0.393 e. The zero-order chi connectivity index (χ0) is 18.4. The number of halogens is 1. The Morgan fingerprint density at radius 1 is 1.24 bits per heavy atom. The lowest BCUT2D eigenvalue weighted by atomic mass is 9.46. The minimum Gasteiger partial charge on any atom is -0.393 e. The summed E-state index contributed by atoms with van der Waals surface area (Å²) in [5.41, 5.74) is -1.35. The van der Waals surface area contributed by atoms with E-state index in [9.17, 15) is 15.0 Å². The summed E-state index contributed by atoms with van der Waals surface area (Å²) in [6.45, 7) is 7.98. The molecule has 2 N–H and O–H groups in total. The van der Waals surface area contributed by atoms with Crippen LogP contribution in [-0.2, 0) is 4.79 Å². The molecule has 25 heavy (non-hydrogen) atoms. The van der Waals surface area contributed by atoms with Gasteiger partial charge in [-0.05, 0) is 61.7 Å². The van der Waals surface area contributed by atoms with Gasteiger partial charge in [0, 0.05) is 16.7 Å². The van der Waals surface area contributed by atoms with Crippen LogP contribution in [-0.4, -0.2) is 33.9 Å². The Labute approximate surface area is 149 Å². The maximum absolute atomic E-state index is 15.1. The van der Waals surface area contributed by atoms with Gasteiger partial charge in [0.1, 0.15) is 6.17 Å². The quantitative estimate of drug-likeness (QED) is 0.707. The van der Waals surface area contributed by atoms with Gasteiger partial charge in [0.15, 0.2) is 5.78 Å². The Balaban J connectivity index is 1.81. The van der Waals surface area contributed by atoms with Crippen molar-refractivity contribution in [3.05, 3.63) is 23.8 Å². The normalized spacial score (nSPS) is 57.6. The molecular formula is C21H29FO3. The Kier molecular flexibility index (Phi) is 3.51. The summed E-state index contributed by atoms with van der Waals surface area (Å²) < 4.78 is 15.1. The summed E-state index contributed by atoms with van der Waals surface area (Å²) in [5, 5.41) is 22.3. The number of allylic oxidation sites excluding steroid dienone is 4. The second-order valence-electron chi connectivity index (χ2n) is 9.59. The van der Waals surface area contributed by atoms with Gasteiger partial charge in [-0.3, -0.25) is 4.79 Å². The third-order valence-corrected chi connectivity index (χ3v) is 8.59. The Morgan fingerprint density at radius 3 is 2.60 bits per heavy atom. The number of carbonyl (C=O) groups is 1. The van der Waals surface area contributed by atoms with Crippen LogP contribution in [0.25, 0.3) is 0 Å². The number of ketones is 1. The first kappa shape index (κ1) is 17.4. The van der Waals surface area contributed by atoms with Crippen LogP contribution in [0, 0.1) is 34.5 Å². The third-order valence-electron chi connectivity index (χ3n) is 8.59. The van der Waals surface area contributed by atoms with Gasteiger partial charge in [-0.25, -0.2) is 4.39 Å². The van der Waals surface area contributed by atoms with Crippen LogP contribution < -0.4 is 0 Å². The highest BCUT2D eigenvalue weighted by Gasteiger charge is 2.67. The number of fused-ring (bicyclic) bond motifs is 5. The van der Waals surface area contributed by atoms with Crippen LogP contribution in [0.5, 0.6) is 0 Å². The van der Waals surface area contributed by atoms with Crippen molar-refractivity contribution in [2.45, 2.75) is 64.8 Å². The maximum Gasteiger partial charge on any atom is 0.178 e. The molecule has 0 saturated heterocycles. The van der Waals surface area contributed by atoms with Crippen molar-refractivity contribution in [2.24, 2.45) is 34.5 Å². The number of carbonyl (C=O) groups excluding carboxylic acids is 1. The molecule has 0 aromatic heterocycles. The first-order chi connectivity index (χ1) is 11.5. The molecule has 3 nitrogen and oxygen atoms in total. The van der Waals surface area contributed by atoms with Crippen LogP contribution >= 0.6 is 0 Å². The van der Waals surface area contributed by atoms with E-state index in [-0.39, 0.29) is 29.5 Å². The van der Waals surface area contributed by atoms with E-state index in [1.165, 1.54) is 12.2 Å². The van der Waals surface area contributed by atoms with E-state index >= 15 is 4.39 Å². The van der Waals surface area contributed by atoms with Gasteiger partial charge in [-0.1, -0.05) is 26.8 Å². The highest BCUT2D eigenvalue weighted by molar-refractivity contribution is 6.01. The SMILES string of the molecule is CC1CC2C3C[C@H](F)C4=CC(=O)C=CC4(C)C3C(O)CC2(C)[C@]1(C)O. The van der Waals surface area contributed by atoms with Crippen LogP contribution in [0.15, 0.2) is 23.8 Å². The topological polar surface area (TPSA) is 57.5 Å². The minimum atomic E-state index is -1.16. The lowest BCUT2D eigenvalue weighted by Gasteiger charge is -2.60. The van der Waals surface area contributed by atoms with E-state index in [1.807, 2.05) is 19.9 Å². The second-order valence-corrected chi connectivity index (χ2v) is 9.59. The molecule has 4 rings (SSSR count). The zero-order valence-corrected chi connectivity index (χ0v) is 15.5. The minimum absolute atomic E-state index is 0.0141. The Bertz CT molecular complexity index is 681. The van der Waals surface area contributed by atoms with E-state index in [0.29, 0.717) is 18.4 Å². The van der Waals surface area contributed by atoms with Crippen molar-refractivity contribution in [3.8, 4) is 0 Å². The smallest absolute Gasteiger partial charge is 0.178 e. The van der Waals surface area contributed by atoms with Gasteiger partial charge in [-0.15, -0.1) is 0 Å². The van der Waals surface area contributed by atoms with Crippen molar-refractivity contribution in [2.75, 3.05) is 0 Å². The monoisotopic (exact) mass is 348 g/mol. The van der Waals surface area contributed by atoms with Gasteiger partial charge in [-0.2, -0.15) is 0 Å². The highest BCUT2D eigenvalue weighted by atomic mass is 19.1. The summed E-state index contributed by atoms with van der Waals surface area (Å²) in [4.78, 5) is 11.8. The summed E-state index contributed by atoms with van der Waals surface area (Å²) in [7, 11) is 0. The lowest BCUT2D eigenvalue weighted by molar-refractivity contribution is -0.168. The molecule has 3 saturated carbocycles. The molecule has 0 bridgehead atoms. The van der Waals surface area contributed by atoms with E-state index < -0.39 is 28.7 Å². The number of hydrogen-bond donors (Lipinski definition) is 2. The summed E-state index contributed by atoms with van der Waals surface area (Å²) in [6.07, 6.45) is 4.74. The number of aliphatic hydroxyl groups excluding tert-OH is 1. The molecule has 0 aromatic rings.